The maximum absolute atomic E-state index is 13.6. The van der Waals surface area contributed by atoms with Gasteiger partial charge in [-0.3, -0.25) is 0 Å². The van der Waals surface area contributed by atoms with Crippen LogP contribution in [-0.4, -0.2) is 16.0 Å². The molecule has 1 heterocycles. The zero-order valence-electron chi connectivity index (χ0n) is 11.0. The van der Waals surface area contributed by atoms with Gasteiger partial charge in [-0.15, -0.1) is 0 Å². The van der Waals surface area contributed by atoms with Crippen LogP contribution in [0.1, 0.15) is 18.7 Å². The summed E-state index contributed by atoms with van der Waals surface area (Å²) in [5.74, 6) is 0.259. The normalized spacial score (nSPS) is 14.2. The molecule has 20 heavy (non-hydrogen) atoms. The Balaban J connectivity index is 1.87. The second-order valence-corrected chi connectivity index (χ2v) is 4.83. The fraction of sp³-hybridized carbons (Fsp3) is 0.286. The third kappa shape index (κ3) is 2.84. The number of anilines is 3. The van der Waals surface area contributed by atoms with Crippen molar-refractivity contribution in [2.45, 2.75) is 25.8 Å². The lowest BCUT2D eigenvalue weighted by molar-refractivity contribution is 0.590. The molecule has 0 radical (unpaired) electrons. The average Bonchev–Trinajstić information content (AvgIpc) is 3.17. The molecule has 0 unspecified atom stereocenters. The van der Waals surface area contributed by atoms with Crippen molar-refractivity contribution in [1.82, 2.24) is 9.97 Å². The number of hydrogen-bond acceptors (Lipinski definition) is 4. The van der Waals surface area contributed by atoms with Gasteiger partial charge in [0.1, 0.15) is 34.8 Å². The van der Waals surface area contributed by atoms with Gasteiger partial charge in [0.25, 0.3) is 0 Å². The van der Waals surface area contributed by atoms with E-state index in [4.69, 9.17) is 0 Å². The maximum atomic E-state index is 13.6. The molecule has 0 spiro atoms. The van der Waals surface area contributed by atoms with E-state index in [1.54, 1.807) is 13.0 Å². The Morgan fingerprint density at radius 3 is 2.40 bits per heavy atom. The highest BCUT2D eigenvalue weighted by molar-refractivity contribution is 5.60. The summed E-state index contributed by atoms with van der Waals surface area (Å²) in [6.07, 6.45) is 2.24. The highest BCUT2D eigenvalue weighted by atomic mass is 19.1. The number of nitrogens with zero attached hydrogens (tertiary/aromatic N) is 2. The van der Waals surface area contributed by atoms with E-state index in [1.165, 1.54) is 18.2 Å². The second-order valence-electron chi connectivity index (χ2n) is 4.83. The monoisotopic (exact) mass is 276 g/mol. The number of aryl methyl sites for hydroxylation is 1. The van der Waals surface area contributed by atoms with E-state index in [0.29, 0.717) is 23.5 Å². The van der Waals surface area contributed by atoms with Crippen molar-refractivity contribution in [3.63, 3.8) is 0 Å². The molecule has 0 amide bonds. The quantitative estimate of drug-likeness (QED) is 0.898. The molecule has 6 heteroatoms. The predicted molar refractivity (Wildman–Crippen MR) is 73.1 cm³/mol. The molecule has 0 atom stereocenters. The van der Waals surface area contributed by atoms with Crippen LogP contribution in [0.25, 0.3) is 0 Å². The first-order valence-corrected chi connectivity index (χ1v) is 6.45. The number of nitrogens with one attached hydrogen (secondary N) is 2. The standard InChI is InChI=1S/C14H14F2N4/c1-8-17-12(19-9-5-6-9)7-13(18-8)20-14-10(15)3-2-4-11(14)16/h2-4,7,9H,5-6H2,1H3,(H2,17,18,19,20). The lowest BCUT2D eigenvalue weighted by Gasteiger charge is -2.10. The lowest BCUT2D eigenvalue weighted by atomic mass is 10.3. The molecule has 0 bridgehead atoms. The molecule has 1 aliphatic rings. The fourth-order valence-corrected chi connectivity index (χ4v) is 1.89. The molecule has 1 aromatic carbocycles. The number of halogens is 2. The van der Waals surface area contributed by atoms with E-state index < -0.39 is 11.6 Å². The van der Waals surface area contributed by atoms with Crippen LogP contribution in [0.2, 0.25) is 0 Å². The summed E-state index contributed by atoms with van der Waals surface area (Å²) in [6, 6.07) is 5.81. The van der Waals surface area contributed by atoms with E-state index in [1.807, 2.05) is 0 Å². The molecule has 2 N–H and O–H groups in total. The molecule has 0 aliphatic heterocycles. The van der Waals surface area contributed by atoms with E-state index in [-0.39, 0.29) is 5.69 Å². The molecule has 104 valence electrons. The Morgan fingerprint density at radius 1 is 1.10 bits per heavy atom. The van der Waals surface area contributed by atoms with Crippen LogP contribution in [0.5, 0.6) is 0 Å². The summed E-state index contributed by atoms with van der Waals surface area (Å²) >= 11 is 0. The SMILES string of the molecule is Cc1nc(Nc2c(F)cccc2F)cc(NC2CC2)n1. The molecule has 1 fully saturated rings. The minimum Gasteiger partial charge on any atom is -0.367 e. The molecule has 2 aromatic rings. The summed E-state index contributed by atoms with van der Waals surface area (Å²) in [5.41, 5.74) is -0.206. The first-order valence-electron chi connectivity index (χ1n) is 6.45. The van der Waals surface area contributed by atoms with Gasteiger partial charge >= 0.3 is 0 Å². The van der Waals surface area contributed by atoms with E-state index in [2.05, 4.69) is 20.6 Å². The average molecular weight is 276 g/mol. The van der Waals surface area contributed by atoms with Crippen LogP contribution in [0.3, 0.4) is 0 Å². The summed E-state index contributed by atoms with van der Waals surface area (Å²) in [7, 11) is 0. The van der Waals surface area contributed by atoms with Gasteiger partial charge in [0.05, 0.1) is 0 Å². The molecule has 1 aliphatic carbocycles. The topological polar surface area (TPSA) is 49.8 Å². The van der Waals surface area contributed by atoms with E-state index >= 15 is 0 Å². The molecular weight excluding hydrogens is 262 g/mol. The lowest BCUT2D eigenvalue weighted by Crippen LogP contribution is -2.07. The van der Waals surface area contributed by atoms with Gasteiger partial charge in [-0.2, -0.15) is 0 Å². The largest absolute Gasteiger partial charge is 0.367 e. The molecular formula is C14H14F2N4. The van der Waals surface area contributed by atoms with Crippen LogP contribution in [0.4, 0.5) is 26.1 Å². The summed E-state index contributed by atoms with van der Waals surface area (Å²) < 4.78 is 27.2. The fourth-order valence-electron chi connectivity index (χ4n) is 1.89. The Bertz CT molecular complexity index is 621. The zero-order chi connectivity index (χ0) is 14.1. The van der Waals surface area contributed by atoms with Gasteiger partial charge in [-0.1, -0.05) is 6.07 Å². The van der Waals surface area contributed by atoms with Crippen molar-refractivity contribution in [3.8, 4) is 0 Å². The van der Waals surface area contributed by atoms with Gasteiger partial charge in [0.2, 0.25) is 0 Å². The summed E-state index contributed by atoms with van der Waals surface area (Å²) in [6.45, 7) is 1.74. The van der Waals surface area contributed by atoms with Crippen molar-refractivity contribution >= 4 is 17.3 Å². The highest BCUT2D eigenvalue weighted by Gasteiger charge is 2.21. The number of para-hydroxylation sites is 1. The van der Waals surface area contributed by atoms with Crippen LogP contribution < -0.4 is 10.6 Å². The van der Waals surface area contributed by atoms with Crippen LogP contribution in [0.15, 0.2) is 24.3 Å². The molecule has 4 nitrogen and oxygen atoms in total. The molecule has 1 saturated carbocycles. The Hall–Kier alpha value is -2.24. The summed E-state index contributed by atoms with van der Waals surface area (Å²) in [5, 5.41) is 5.91. The third-order valence-electron chi connectivity index (χ3n) is 2.98. The predicted octanol–water partition coefficient (Wildman–Crippen LogP) is 3.38. The molecule has 3 rings (SSSR count). The minimum absolute atomic E-state index is 0.206. The Morgan fingerprint density at radius 2 is 1.75 bits per heavy atom. The maximum Gasteiger partial charge on any atom is 0.149 e. The molecule has 0 saturated heterocycles. The van der Waals surface area contributed by atoms with Crippen LogP contribution in [-0.2, 0) is 0 Å². The van der Waals surface area contributed by atoms with Gasteiger partial charge in [0.15, 0.2) is 0 Å². The number of hydrogen-bond donors (Lipinski definition) is 2. The summed E-state index contributed by atoms with van der Waals surface area (Å²) in [4.78, 5) is 8.39. The Labute approximate surface area is 115 Å². The van der Waals surface area contributed by atoms with Crippen LogP contribution >= 0.6 is 0 Å². The van der Waals surface area contributed by atoms with E-state index in [9.17, 15) is 8.78 Å². The number of rotatable bonds is 4. The van der Waals surface area contributed by atoms with Gasteiger partial charge < -0.3 is 10.6 Å². The highest BCUT2D eigenvalue weighted by Crippen LogP contribution is 2.26. The van der Waals surface area contributed by atoms with Gasteiger partial charge in [-0.05, 0) is 31.9 Å². The van der Waals surface area contributed by atoms with Crippen molar-refractivity contribution in [2.24, 2.45) is 0 Å². The van der Waals surface area contributed by atoms with Crippen LogP contribution in [0, 0.1) is 18.6 Å². The number of benzene rings is 1. The smallest absolute Gasteiger partial charge is 0.149 e. The van der Waals surface area contributed by atoms with Crippen molar-refractivity contribution < 1.29 is 8.78 Å². The first kappa shape index (κ1) is 12.8. The second kappa shape index (κ2) is 5.03. The zero-order valence-corrected chi connectivity index (χ0v) is 11.0. The van der Waals surface area contributed by atoms with Crippen molar-refractivity contribution in [2.75, 3.05) is 10.6 Å². The third-order valence-corrected chi connectivity index (χ3v) is 2.98. The minimum atomic E-state index is -0.655. The van der Waals surface area contributed by atoms with Gasteiger partial charge in [0, 0.05) is 12.1 Å². The van der Waals surface area contributed by atoms with Crippen molar-refractivity contribution in [1.29, 1.82) is 0 Å². The molecule has 1 aromatic heterocycles. The van der Waals surface area contributed by atoms with Crippen molar-refractivity contribution in [3.05, 3.63) is 41.7 Å². The Kier molecular flexibility index (Phi) is 3.22. The van der Waals surface area contributed by atoms with Gasteiger partial charge in [-0.25, -0.2) is 18.7 Å². The number of aromatic nitrogens is 2. The first-order chi connectivity index (χ1) is 9.61. The van der Waals surface area contributed by atoms with E-state index in [0.717, 1.165) is 12.8 Å².